The predicted molar refractivity (Wildman–Crippen MR) is 136 cm³/mol. The van der Waals surface area contributed by atoms with E-state index >= 15 is 0 Å². The fraction of sp³-hybridized carbons (Fsp3) is 0.481. The number of hydroxylamine groups is 2. The number of likely N-dealkylation sites (tertiary alicyclic amines) is 1. The van der Waals surface area contributed by atoms with E-state index in [1.165, 1.54) is 5.06 Å². The molecule has 36 heavy (non-hydrogen) atoms. The topological polar surface area (TPSA) is 101 Å². The van der Waals surface area contributed by atoms with Gasteiger partial charge in [-0.05, 0) is 30.5 Å². The molecule has 0 radical (unpaired) electrons. The van der Waals surface area contributed by atoms with Crippen LogP contribution in [0.5, 0.6) is 0 Å². The Morgan fingerprint density at radius 3 is 2.67 bits per heavy atom. The first-order chi connectivity index (χ1) is 17.4. The highest BCUT2D eigenvalue weighted by Gasteiger charge is 2.42. The minimum absolute atomic E-state index is 0.108. The van der Waals surface area contributed by atoms with Crippen molar-refractivity contribution in [3.8, 4) is 0 Å². The lowest BCUT2D eigenvalue weighted by Crippen LogP contribution is -2.48. The van der Waals surface area contributed by atoms with Crippen molar-refractivity contribution in [2.75, 3.05) is 25.5 Å². The van der Waals surface area contributed by atoms with E-state index in [1.54, 1.807) is 24.3 Å². The number of carbonyl (C=O) groups is 3. The van der Waals surface area contributed by atoms with Crippen LogP contribution in [-0.4, -0.2) is 65.5 Å². The zero-order valence-corrected chi connectivity index (χ0v) is 21.3. The Morgan fingerprint density at radius 1 is 1.25 bits per heavy atom. The summed E-state index contributed by atoms with van der Waals surface area (Å²) in [6, 6.07) is 12.4. The van der Waals surface area contributed by atoms with Crippen molar-refractivity contribution in [3.63, 3.8) is 0 Å². The number of pyridine rings is 1. The van der Waals surface area contributed by atoms with Crippen LogP contribution >= 0.6 is 0 Å². The Kier molecular flexibility index (Phi) is 10.4. The summed E-state index contributed by atoms with van der Waals surface area (Å²) >= 11 is 0. The van der Waals surface area contributed by atoms with E-state index in [9.17, 15) is 14.4 Å². The average molecular weight is 497 g/mol. The number of aryl methyl sites for hydroxylation is 1. The summed E-state index contributed by atoms with van der Waals surface area (Å²) < 4.78 is 5.51. The number of aromatic nitrogens is 1. The summed E-state index contributed by atoms with van der Waals surface area (Å²) in [6.07, 6.45) is 4.71. The van der Waals surface area contributed by atoms with E-state index in [2.05, 4.69) is 10.3 Å². The molecule has 0 spiro atoms. The zero-order chi connectivity index (χ0) is 25.9. The van der Waals surface area contributed by atoms with Crippen LogP contribution in [0, 0.1) is 12.8 Å². The molecule has 1 aliphatic rings. The SMILES string of the molecule is CCCC[C@H](CN(C=O)OCc1ccccc1)C(=O)N1C[C@@H](OC)C[C@H]1C(=O)Nc1ccc(C)cn1. The van der Waals surface area contributed by atoms with E-state index < -0.39 is 12.0 Å². The first kappa shape index (κ1) is 27.3. The summed E-state index contributed by atoms with van der Waals surface area (Å²) in [5.74, 6) is -0.562. The van der Waals surface area contributed by atoms with Gasteiger partial charge >= 0.3 is 0 Å². The summed E-state index contributed by atoms with van der Waals surface area (Å²) in [5.41, 5.74) is 1.91. The second kappa shape index (κ2) is 13.7. The number of nitrogens with one attached hydrogen (secondary N) is 1. The maximum absolute atomic E-state index is 13.7. The van der Waals surface area contributed by atoms with Gasteiger partial charge in [-0.2, -0.15) is 0 Å². The summed E-state index contributed by atoms with van der Waals surface area (Å²) in [7, 11) is 1.58. The van der Waals surface area contributed by atoms with Crippen LogP contribution in [0.1, 0.15) is 43.7 Å². The Morgan fingerprint density at radius 2 is 2.03 bits per heavy atom. The molecule has 0 aliphatic carbocycles. The lowest BCUT2D eigenvalue weighted by molar-refractivity contribution is -0.183. The number of hydrogen-bond donors (Lipinski definition) is 1. The molecule has 3 amide bonds. The molecule has 1 saturated heterocycles. The monoisotopic (exact) mass is 496 g/mol. The number of rotatable bonds is 13. The summed E-state index contributed by atoms with van der Waals surface area (Å²) in [6.45, 7) is 4.60. The highest BCUT2D eigenvalue weighted by atomic mass is 16.7. The molecule has 2 heterocycles. The molecule has 1 aromatic carbocycles. The molecule has 0 unspecified atom stereocenters. The minimum Gasteiger partial charge on any atom is -0.380 e. The van der Waals surface area contributed by atoms with Gasteiger partial charge in [0.1, 0.15) is 18.5 Å². The quantitative estimate of drug-likeness (QED) is 0.337. The van der Waals surface area contributed by atoms with Crippen molar-refractivity contribution in [1.82, 2.24) is 14.9 Å². The molecule has 9 heteroatoms. The normalized spacial score (nSPS) is 18.0. The lowest BCUT2D eigenvalue weighted by Gasteiger charge is -2.30. The smallest absolute Gasteiger partial charge is 0.248 e. The Hall–Kier alpha value is -3.30. The number of nitrogens with zero attached hydrogens (tertiary/aromatic N) is 3. The molecule has 1 aliphatic heterocycles. The molecule has 3 atom stereocenters. The second-order valence-corrected chi connectivity index (χ2v) is 9.11. The molecule has 3 rings (SSSR count). The van der Waals surface area contributed by atoms with Crippen molar-refractivity contribution in [2.45, 2.75) is 58.3 Å². The second-order valence-electron chi connectivity index (χ2n) is 9.11. The van der Waals surface area contributed by atoms with Gasteiger partial charge in [-0.3, -0.25) is 19.2 Å². The molecule has 9 nitrogen and oxygen atoms in total. The standard InChI is InChI=1S/C27H36N4O5/c1-4-5-11-22(16-30(19-32)36-18-21-9-7-6-8-10-21)27(34)31-17-23(35-3)14-24(31)26(33)29-25-13-12-20(2)15-28-25/h6-10,12-13,15,19,22-24H,4-5,11,14,16-18H2,1-3H3,(H,28,29,33)/t22-,23+,24+/m1/s1. The van der Waals surface area contributed by atoms with E-state index in [4.69, 9.17) is 9.57 Å². The van der Waals surface area contributed by atoms with Crippen LogP contribution in [0.4, 0.5) is 5.82 Å². The molecular weight excluding hydrogens is 460 g/mol. The van der Waals surface area contributed by atoms with Gasteiger partial charge < -0.3 is 15.0 Å². The molecule has 2 aromatic rings. The number of anilines is 1. The number of benzene rings is 1. The van der Waals surface area contributed by atoms with Crippen molar-refractivity contribution in [2.24, 2.45) is 5.92 Å². The molecule has 194 valence electrons. The summed E-state index contributed by atoms with van der Waals surface area (Å²) in [5, 5.41) is 4.00. The molecular formula is C27H36N4O5. The van der Waals surface area contributed by atoms with Crippen molar-refractivity contribution < 1.29 is 24.0 Å². The highest BCUT2D eigenvalue weighted by molar-refractivity contribution is 5.97. The number of ether oxygens (including phenoxy) is 1. The highest BCUT2D eigenvalue weighted by Crippen LogP contribution is 2.26. The number of methoxy groups -OCH3 is 1. The van der Waals surface area contributed by atoms with Gasteiger partial charge in [0.15, 0.2) is 0 Å². The number of hydrogen-bond acceptors (Lipinski definition) is 6. The van der Waals surface area contributed by atoms with Crippen LogP contribution in [0.25, 0.3) is 0 Å². The minimum atomic E-state index is -0.690. The third-order valence-corrected chi connectivity index (χ3v) is 6.36. The summed E-state index contributed by atoms with van der Waals surface area (Å²) in [4.78, 5) is 50.2. The molecule has 1 fully saturated rings. The number of unbranched alkanes of at least 4 members (excludes halogenated alkanes) is 1. The van der Waals surface area contributed by atoms with Crippen molar-refractivity contribution >= 4 is 24.0 Å². The van der Waals surface area contributed by atoms with Crippen LogP contribution in [0.15, 0.2) is 48.7 Å². The number of amides is 3. The van der Waals surface area contributed by atoms with Crippen LogP contribution < -0.4 is 5.32 Å². The first-order valence-electron chi connectivity index (χ1n) is 12.4. The van der Waals surface area contributed by atoms with Gasteiger partial charge in [-0.25, -0.2) is 10.0 Å². The van der Waals surface area contributed by atoms with Gasteiger partial charge in [0.2, 0.25) is 18.2 Å². The van der Waals surface area contributed by atoms with Crippen LogP contribution in [0.3, 0.4) is 0 Å². The third kappa shape index (κ3) is 7.60. The molecule has 1 aromatic heterocycles. The Bertz CT molecular complexity index is 985. The van der Waals surface area contributed by atoms with E-state index in [0.717, 1.165) is 24.0 Å². The fourth-order valence-corrected chi connectivity index (χ4v) is 4.26. The fourth-order valence-electron chi connectivity index (χ4n) is 4.26. The van der Waals surface area contributed by atoms with Gasteiger partial charge in [-0.1, -0.05) is 56.2 Å². The van der Waals surface area contributed by atoms with Crippen molar-refractivity contribution in [1.29, 1.82) is 0 Å². The number of carbonyl (C=O) groups excluding carboxylic acids is 3. The first-order valence-corrected chi connectivity index (χ1v) is 12.4. The van der Waals surface area contributed by atoms with Crippen LogP contribution in [-0.2, 0) is 30.6 Å². The van der Waals surface area contributed by atoms with E-state index in [-0.39, 0.29) is 31.1 Å². The van der Waals surface area contributed by atoms with Gasteiger partial charge in [0.05, 0.1) is 18.6 Å². The van der Waals surface area contributed by atoms with E-state index in [0.29, 0.717) is 31.6 Å². The van der Waals surface area contributed by atoms with Crippen molar-refractivity contribution in [3.05, 3.63) is 59.8 Å². The van der Waals surface area contributed by atoms with Gasteiger partial charge in [0.25, 0.3) is 0 Å². The predicted octanol–water partition coefficient (Wildman–Crippen LogP) is 3.34. The molecule has 0 bridgehead atoms. The molecule has 0 saturated carbocycles. The lowest BCUT2D eigenvalue weighted by atomic mass is 9.99. The Balaban J connectivity index is 1.71. The van der Waals surface area contributed by atoms with E-state index in [1.807, 2.05) is 50.2 Å². The maximum Gasteiger partial charge on any atom is 0.248 e. The molecule has 1 N–H and O–H groups in total. The Labute approximate surface area is 212 Å². The maximum atomic E-state index is 13.7. The average Bonchev–Trinajstić information content (AvgIpc) is 3.35. The third-order valence-electron chi connectivity index (χ3n) is 6.36. The van der Waals surface area contributed by atoms with Gasteiger partial charge in [0, 0.05) is 26.3 Å². The largest absolute Gasteiger partial charge is 0.380 e. The zero-order valence-electron chi connectivity index (χ0n) is 21.3. The van der Waals surface area contributed by atoms with Crippen LogP contribution in [0.2, 0.25) is 0 Å². The van der Waals surface area contributed by atoms with Gasteiger partial charge in [-0.15, -0.1) is 0 Å².